The molecule has 0 N–H and O–H groups in total. The average Bonchev–Trinajstić information content (AvgIpc) is 2.86. The predicted molar refractivity (Wildman–Crippen MR) is 82.4 cm³/mol. The van der Waals surface area contributed by atoms with Crippen molar-refractivity contribution in [3.05, 3.63) is 71.3 Å². The molecule has 2 atom stereocenters. The monoisotopic (exact) mass is 278 g/mol. The standard InChI is InChI=1S/C19H18O2/c1-13(20)11-17-16-10-6-5-9-15(16)12-18(17)19(21)14-7-3-2-4-8-14/h2-10,17-18H,11-12H2,1H3/t17-,18-/m1/s1. The van der Waals surface area contributed by atoms with Crippen LogP contribution >= 0.6 is 0 Å². The van der Waals surface area contributed by atoms with Gasteiger partial charge in [-0.1, -0.05) is 54.6 Å². The third kappa shape index (κ3) is 2.66. The van der Waals surface area contributed by atoms with E-state index in [0.29, 0.717) is 6.42 Å². The van der Waals surface area contributed by atoms with Gasteiger partial charge in [-0.25, -0.2) is 0 Å². The third-order valence-corrected chi connectivity index (χ3v) is 4.28. The quantitative estimate of drug-likeness (QED) is 0.797. The summed E-state index contributed by atoms with van der Waals surface area (Å²) in [6, 6.07) is 17.5. The van der Waals surface area contributed by atoms with Crippen molar-refractivity contribution in [3.8, 4) is 0 Å². The van der Waals surface area contributed by atoms with Crippen molar-refractivity contribution in [2.45, 2.75) is 25.7 Å². The molecule has 0 unspecified atom stereocenters. The Labute approximate surface area is 124 Å². The molecule has 0 aliphatic heterocycles. The first kappa shape index (κ1) is 13.7. The summed E-state index contributed by atoms with van der Waals surface area (Å²) in [5.74, 6) is 0.195. The fourth-order valence-electron chi connectivity index (χ4n) is 3.33. The summed E-state index contributed by atoms with van der Waals surface area (Å²) in [5.41, 5.74) is 3.11. The molecule has 21 heavy (non-hydrogen) atoms. The van der Waals surface area contributed by atoms with Crippen LogP contribution in [0.3, 0.4) is 0 Å². The van der Waals surface area contributed by atoms with E-state index in [9.17, 15) is 9.59 Å². The van der Waals surface area contributed by atoms with Crippen LogP contribution in [0.25, 0.3) is 0 Å². The van der Waals surface area contributed by atoms with Gasteiger partial charge < -0.3 is 4.79 Å². The molecular formula is C19H18O2. The number of carbonyl (C=O) groups excluding carboxylic acids is 2. The molecule has 2 heteroatoms. The number of Topliss-reactive ketones (excluding diaryl/α,β-unsaturated/α-hetero) is 2. The van der Waals surface area contributed by atoms with Gasteiger partial charge in [0, 0.05) is 23.8 Å². The minimum Gasteiger partial charge on any atom is -0.300 e. The third-order valence-electron chi connectivity index (χ3n) is 4.28. The van der Waals surface area contributed by atoms with Gasteiger partial charge in [0.1, 0.15) is 5.78 Å². The lowest BCUT2D eigenvalue weighted by atomic mass is 9.83. The Morgan fingerprint density at radius 3 is 2.38 bits per heavy atom. The molecule has 1 aliphatic carbocycles. The van der Waals surface area contributed by atoms with Crippen molar-refractivity contribution in [2.24, 2.45) is 5.92 Å². The Kier molecular flexibility index (Phi) is 3.70. The van der Waals surface area contributed by atoms with Gasteiger partial charge in [0.15, 0.2) is 5.78 Å². The minimum absolute atomic E-state index is 0.0198. The van der Waals surface area contributed by atoms with E-state index in [1.807, 2.05) is 42.5 Å². The fourth-order valence-corrected chi connectivity index (χ4v) is 3.33. The molecular weight excluding hydrogens is 260 g/mol. The van der Waals surface area contributed by atoms with Crippen LogP contribution in [-0.2, 0) is 11.2 Å². The normalized spacial score (nSPS) is 20.0. The van der Waals surface area contributed by atoms with Crippen molar-refractivity contribution in [1.82, 2.24) is 0 Å². The Hall–Kier alpha value is -2.22. The lowest BCUT2D eigenvalue weighted by Crippen LogP contribution is -2.21. The van der Waals surface area contributed by atoms with Crippen LogP contribution < -0.4 is 0 Å². The van der Waals surface area contributed by atoms with Gasteiger partial charge in [-0.3, -0.25) is 4.79 Å². The molecule has 2 aromatic carbocycles. The van der Waals surface area contributed by atoms with Crippen LogP contribution in [0, 0.1) is 5.92 Å². The second kappa shape index (κ2) is 5.65. The van der Waals surface area contributed by atoms with E-state index in [2.05, 4.69) is 12.1 Å². The molecule has 0 bridgehead atoms. The second-order valence-corrected chi connectivity index (χ2v) is 5.75. The molecule has 106 valence electrons. The topological polar surface area (TPSA) is 34.1 Å². The van der Waals surface area contributed by atoms with Crippen molar-refractivity contribution in [3.63, 3.8) is 0 Å². The van der Waals surface area contributed by atoms with E-state index >= 15 is 0 Å². The number of hydrogen-bond donors (Lipinski definition) is 0. The van der Waals surface area contributed by atoms with E-state index in [1.54, 1.807) is 6.92 Å². The number of ketones is 2. The molecule has 0 heterocycles. The molecule has 0 aromatic heterocycles. The number of hydrogen-bond acceptors (Lipinski definition) is 2. The summed E-state index contributed by atoms with van der Waals surface area (Å²) in [4.78, 5) is 24.4. The SMILES string of the molecule is CC(=O)C[C@@H]1c2ccccc2C[C@H]1C(=O)c1ccccc1. The van der Waals surface area contributed by atoms with Gasteiger partial charge in [-0.15, -0.1) is 0 Å². The Bertz CT molecular complexity index is 673. The Balaban J connectivity index is 1.95. The first-order chi connectivity index (χ1) is 10.2. The molecule has 3 rings (SSSR count). The molecule has 0 radical (unpaired) electrons. The Morgan fingerprint density at radius 1 is 1.00 bits per heavy atom. The molecule has 0 fully saturated rings. The largest absolute Gasteiger partial charge is 0.300 e. The smallest absolute Gasteiger partial charge is 0.166 e. The molecule has 0 saturated heterocycles. The number of carbonyl (C=O) groups is 2. The molecule has 2 aromatic rings. The zero-order valence-corrected chi connectivity index (χ0v) is 12.1. The lowest BCUT2D eigenvalue weighted by Gasteiger charge is -2.18. The average molecular weight is 278 g/mol. The van der Waals surface area contributed by atoms with Crippen LogP contribution in [0.2, 0.25) is 0 Å². The number of benzene rings is 2. The molecule has 2 nitrogen and oxygen atoms in total. The fraction of sp³-hybridized carbons (Fsp3) is 0.263. The summed E-state index contributed by atoms with van der Waals surface area (Å²) in [6.45, 7) is 1.60. The highest BCUT2D eigenvalue weighted by molar-refractivity contribution is 5.99. The maximum atomic E-state index is 12.8. The molecule has 0 amide bonds. The van der Waals surface area contributed by atoms with Crippen LogP contribution in [-0.4, -0.2) is 11.6 Å². The van der Waals surface area contributed by atoms with Gasteiger partial charge in [0.25, 0.3) is 0 Å². The summed E-state index contributed by atoms with van der Waals surface area (Å²) in [5, 5.41) is 0. The van der Waals surface area contributed by atoms with Crippen molar-refractivity contribution < 1.29 is 9.59 Å². The van der Waals surface area contributed by atoms with Gasteiger partial charge in [-0.05, 0) is 24.5 Å². The van der Waals surface area contributed by atoms with E-state index in [1.165, 1.54) is 11.1 Å². The van der Waals surface area contributed by atoms with Gasteiger partial charge in [0.05, 0.1) is 0 Å². The molecule has 0 saturated carbocycles. The molecule has 1 aliphatic rings. The maximum Gasteiger partial charge on any atom is 0.166 e. The highest BCUT2D eigenvalue weighted by atomic mass is 16.1. The minimum atomic E-state index is -0.117. The zero-order valence-electron chi connectivity index (χ0n) is 12.1. The first-order valence-corrected chi connectivity index (χ1v) is 7.33. The van der Waals surface area contributed by atoms with Gasteiger partial charge in [-0.2, -0.15) is 0 Å². The summed E-state index contributed by atoms with van der Waals surface area (Å²) >= 11 is 0. The lowest BCUT2D eigenvalue weighted by molar-refractivity contribution is -0.117. The van der Waals surface area contributed by atoms with E-state index in [4.69, 9.17) is 0 Å². The van der Waals surface area contributed by atoms with Crippen molar-refractivity contribution in [1.29, 1.82) is 0 Å². The van der Waals surface area contributed by atoms with E-state index < -0.39 is 0 Å². The highest BCUT2D eigenvalue weighted by Gasteiger charge is 2.37. The van der Waals surface area contributed by atoms with Crippen LogP contribution in [0.1, 0.15) is 40.7 Å². The van der Waals surface area contributed by atoms with Crippen molar-refractivity contribution in [2.75, 3.05) is 0 Å². The maximum absolute atomic E-state index is 12.8. The van der Waals surface area contributed by atoms with Crippen LogP contribution in [0.4, 0.5) is 0 Å². The van der Waals surface area contributed by atoms with Gasteiger partial charge >= 0.3 is 0 Å². The predicted octanol–water partition coefficient (Wildman–Crippen LogP) is 3.80. The van der Waals surface area contributed by atoms with E-state index in [-0.39, 0.29) is 23.4 Å². The van der Waals surface area contributed by atoms with Gasteiger partial charge in [0.2, 0.25) is 0 Å². The summed E-state index contributed by atoms with van der Waals surface area (Å²) < 4.78 is 0. The second-order valence-electron chi connectivity index (χ2n) is 5.75. The van der Waals surface area contributed by atoms with Crippen LogP contribution in [0.5, 0.6) is 0 Å². The van der Waals surface area contributed by atoms with Crippen LogP contribution in [0.15, 0.2) is 54.6 Å². The Morgan fingerprint density at radius 2 is 1.67 bits per heavy atom. The van der Waals surface area contributed by atoms with E-state index in [0.717, 1.165) is 12.0 Å². The number of fused-ring (bicyclic) bond motifs is 1. The summed E-state index contributed by atoms with van der Waals surface area (Å²) in [6.07, 6.45) is 1.18. The summed E-state index contributed by atoms with van der Waals surface area (Å²) in [7, 11) is 0. The zero-order chi connectivity index (χ0) is 14.8. The van der Waals surface area contributed by atoms with Crippen molar-refractivity contribution >= 4 is 11.6 Å². The first-order valence-electron chi connectivity index (χ1n) is 7.33. The highest BCUT2D eigenvalue weighted by Crippen LogP contribution is 2.41. The number of rotatable bonds is 4. The molecule has 0 spiro atoms.